The second-order valence-corrected chi connectivity index (χ2v) is 4.80. The van der Waals surface area contributed by atoms with Crippen molar-refractivity contribution in [2.45, 2.75) is 26.2 Å². The number of aromatic carboxylic acids is 1. The zero-order valence-corrected chi connectivity index (χ0v) is 10.5. The van der Waals surface area contributed by atoms with Crippen LogP contribution in [-0.4, -0.2) is 24.2 Å². The molecular weight excluding hydrogens is 233 g/mol. The van der Waals surface area contributed by atoms with Crippen LogP contribution in [0.4, 0.5) is 10.1 Å². The van der Waals surface area contributed by atoms with Gasteiger partial charge in [0.15, 0.2) is 0 Å². The van der Waals surface area contributed by atoms with E-state index in [0.29, 0.717) is 5.92 Å². The molecule has 0 radical (unpaired) electrons. The quantitative estimate of drug-likeness (QED) is 0.897. The first-order valence-corrected chi connectivity index (χ1v) is 6.40. The lowest BCUT2D eigenvalue weighted by Gasteiger charge is -2.34. The van der Waals surface area contributed by atoms with Crippen molar-refractivity contribution in [3.05, 3.63) is 29.6 Å². The third-order valence-corrected chi connectivity index (χ3v) is 3.63. The first-order valence-electron chi connectivity index (χ1n) is 6.40. The lowest BCUT2D eigenvalue weighted by atomic mass is 9.94. The van der Waals surface area contributed by atoms with Gasteiger partial charge in [-0.05, 0) is 30.9 Å². The van der Waals surface area contributed by atoms with Crippen molar-refractivity contribution in [1.82, 2.24) is 0 Å². The summed E-state index contributed by atoms with van der Waals surface area (Å²) in [4.78, 5) is 13.1. The Labute approximate surface area is 106 Å². The van der Waals surface area contributed by atoms with Gasteiger partial charge >= 0.3 is 5.97 Å². The number of benzene rings is 1. The van der Waals surface area contributed by atoms with Gasteiger partial charge < -0.3 is 10.0 Å². The summed E-state index contributed by atoms with van der Waals surface area (Å²) in [6.45, 7) is 3.60. The summed E-state index contributed by atoms with van der Waals surface area (Å²) in [6, 6.07) is 4.25. The van der Waals surface area contributed by atoms with Crippen molar-refractivity contribution < 1.29 is 14.3 Å². The van der Waals surface area contributed by atoms with E-state index in [-0.39, 0.29) is 11.3 Å². The summed E-state index contributed by atoms with van der Waals surface area (Å²) in [5.74, 6) is -0.977. The molecule has 0 bridgehead atoms. The molecule has 1 heterocycles. The van der Waals surface area contributed by atoms with E-state index >= 15 is 0 Å². The van der Waals surface area contributed by atoms with Crippen molar-refractivity contribution in [1.29, 1.82) is 0 Å². The number of carboxylic acid groups (broad SMARTS) is 1. The van der Waals surface area contributed by atoms with E-state index in [2.05, 4.69) is 6.92 Å². The van der Waals surface area contributed by atoms with Gasteiger partial charge in [0.25, 0.3) is 0 Å². The van der Waals surface area contributed by atoms with Gasteiger partial charge in [-0.15, -0.1) is 0 Å². The molecule has 0 amide bonds. The van der Waals surface area contributed by atoms with Crippen LogP contribution in [0.2, 0.25) is 0 Å². The monoisotopic (exact) mass is 251 g/mol. The molecular formula is C14H18FNO2. The van der Waals surface area contributed by atoms with Gasteiger partial charge in [-0.3, -0.25) is 0 Å². The minimum Gasteiger partial charge on any atom is -0.478 e. The Morgan fingerprint density at radius 1 is 1.56 bits per heavy atom. The molecule has 0 saturated carbocycles. The normalized spacial score (nSPS) is 19.9. The highest BCUT2D eigenvalue weighted by atomic mass is 19.1. The Morgan fingerprint density at radius 2 is 2.33 bits per heavy atom. The fourth-order valence-electron chi connectivity index (χ4n) is 2.61. The Morgan fingerprint density at radius 3 is 3.00 bits per heavy atom. The van der Waals surface area contributed by atoms with Crippen LogP contribution >= 0.6 is 0 Å². The van der Waals surface area contributed by atoms with E-state index in [0.717, 1.165) is 32.4 Å². The number of nitrogens with zero attached hydrogens (tertiary/aromatic N) is 1. The fourth-order valence-corrected chi connectivity index (χ4v) is 2.61. The maximum Gasteiger partial charge on any atom is 0.337 e. The van der Waals surface area contributed by atoms with Crippen LogP contribution in [-0.2, 0) is 0 Å². The summed E-state index contributed by atoms with van der Waals surface area (Å²) in [6.07, 6.45) is 3.18. The zero-order chi connectivity index (χ0) is 13.1. The van der Waals surface area contributed by atoms with Crippen molar-refractivity contribution in [3.63, 3.8) is 0 Å². The first kappa shape index (κ1) is 12.9. The Kier molecular flexibility index (Phi) is 3.84. The second kappa shape index (κ2) is 5.38. The van der Waals surface area contributed by atoms with Gasteiger partial charge in [-0.1, -0.05) is 19.4 Å². The lowest BCUT2D eigenvalue weighted by Crippen LogP contribution is -2.36. The number of anilines is 1. The molecule has 1 aromatic carbocycles. The number of carboxylic acids is 1. The highest BCUT2D eigenvalue weighted by Crippen LogP contribution is 2.30. The molecule has 0 spiro atoms. The van der Waals surface area contributed by atoms with E-state index in [1.54, 1.807) is 0 Å². The predicted octanol–water partition coefficient (Wildman–Crippen LogP) is 3.15. The molecule has 0 aromatic heterocycles. The van der Waals surface area contributed by atoms with Gasteiger partial charge in [-0.25, -0.2) is 9.18 Å². The molecule has 3 nitrogen and oxygen atoms in total. The highest BCUT2D eigenvalue weighted by molar-refractivity contribution is 5.94. The summed E-state index contributed by atoms with van der Waals surface area (Å²) in [5.41, 5.74) is 0.315. The predicted molar refractivity (Wildman–Crippen MR) is 68.6 cm³/mol. The molecule has 4 heteroatoms. The van der Waals surface area contributed by atoms with Gasteiger partial charge in [0.05, 0.1) is 11.3 Å². The molecule has 0 aliphatic carbocycles. The van der Waals surface area contributed by atoms with Crippen LogP contribution in [0.15, 0.2) is 18.2 Å². The third kappa shape index (κ3) is 2.47. The number of para-hydroxylation sites is 1. The van der Waals surface area contributed by atoms with Crippen molar-refractivity contribution in [2.75, 3.05) is 18.0 Å². The van der Waals surface area contributed by atoms with Crippen molar-refractivity contribution >= 4 is 11.7 Å². The minimum atomic E-state index is -1.07. The zero-order valence-electron chi connectivity index (χ0n) is 10.5. The van der Waals surface area contributed by atoms with Crippen LogP contribution in [0.3, 0.4) is 0 Å². The summed E-state index contributed by atoms with van der Waals surface area (Å²) in [7, 11) is 0. The number of hydrogen-bond donors (Lipinski definition) is 1. The van der Waals surface area contributed by atoms with Crippen molar-refractivity contribution in [2.24, 2.45) is 5.92 Å². The maximum atomic E-state index is 13.9. The van der Waals surface area contributed by atoms with E-state index in [4.69, 9.17) is 5.11 Å². The molecule has 1 fully saturated rings. The SMILES string of the molecule is CCC1CCCN(c2c(F)cccc2C(=O)O)C1. The molecule has 98 valence electrons. The molecule has 1 aliphatic rings. The molecule has 2 rings (SSSR count). The number of halogens is 1. The molecule has 18 heavy (non-hydrogen) atoms. The molecule has 1 saturated heterocycles. The number of piperidine rings is 1. The summed E-state index contributed by atoms with van der Waals surface area (Å²) >= 11 is 0. The lowest BCUT2D eigenvalue weighted by molar-refractivity contribution is 0.0697. The Balaban J connectivity index is 2.34. The standard InChI is InChI=1S/C14H18FNO2/c1-2-10-5-4-8-16(9-10)13-11(14(17)18)6-3-7-12(13)15/h3,6-7,10H,2,4-5,8-9H2,1H3,(H,17,18). The van der Waals surface area contributed by atoms with Gasteiger partial charge in [0.2, 0.25) is 0 Å². The van der Waals surface area contributed by atoms with Crippen molar-refractivity contribution in [3.8, 4) is 0 Å². The van der Waals surface area contributed by atoms with E-state index < -0.39 is 11.8 Å². The van der Waals surface area contributed by atoms with Gasteiger partial charge in [-0.2, -0.15) is 0 Å². The average Bonchev–Trinajstić information content (AvgIpc) is 2.38. The Hall–Kier alpha value is -1.58. The Bertz CT molecular complexity index is 447. The number of carbonyl (C=O) groups is 1. The maximum absolute atomic E-state index is 13.9. The molecule has 1 unspecified atom stereocenters. The smallest absolute Gasteiger partial charge is 0.337 e. The number of hydrogen-bond acceptors (Lipinski definition) is 2. The number of rotatable bonds is 3. The van der Waals surface area contributed by atoms with E-state index in [1.165, 1.54) is 18.2 Å². The van der Waals surface area contributed by atoms with Crippen LogP contribution in [0.25, 0.3) is 0 Å². The van der Waals surface area contributed by atoms with Gasteiger partial charge in [0, 0.05) is 13.1 Å². The fraction of sp³-hybridized carbons (Fsp3) is 0.500. The minimum absolute atomic E-state index is 0.0618. The summed E-state index contributed by atoms with van der Waals surface area (Å²) < 4.78 is 13.9. The van der Waals surface area contributed by atoms with Crippen LogP contribution in [0.1, 0.15) is 36.5 Å². The van der Waals surface area contributed by atoms with Crippen LogP contribution in [0, 0.1) is 11.7 Å². The van der Waals surface area contributed by atoms with E-state index in [1.807, 2.05) is 4.90 Å². The van der Waals surface area contributed by atoms with Crippen LogP contribution in [0.5, 0.6) is 0 Å². The molecule has 1 aromatic rings. The third-order valence-electron chi connectivity index (χ3n) is 3.63. The highest BCUT2D eigenvalue weighted by Gasteiger charge is 2.25. The second-order valence-electron chi connectivity index (χ2n) is 4.80. The molecule has 1 aliphatic heterocycles. The van der Waals surface area contributed by atoms with E-state index in [9.17, 15) is 9.18 Å². The average molecular weight is 251 g/mol. The molecule has 1 atom stereocenters. The topological polar surface area (TPSA) is 40.5 Å². The van der Waals surface area contributed by atoms with Crippen LogP contribution < -0.4 is 4.90 Å². The molecule has 1 N–H and O–H groups in total. The largest absolute Gasteiger partial charge is 0.478 e. The van der Waals surface area contributed by atoms with Gasteiger partial charge in [0.1, 0.15) is 5.82 Å². The summed E-state index contributed by atoms with van der Waals surface area (Å²) in [5, 5.41) is 9.15. The first-order chi connectivity index (χ1) is 8.63.